The molecule has 0 atom stereocenters. The maximum Gasteiger partial charge on any atom is 0.146 e. The Balaban J connectivity index is 2.17. The van der Waals surface area contributed by atoms with Crippen LogP contribution in [-0.2, 0) is 6.54 Å². The van der Waals surface area contributed by atoms with Crippen molar-refractivity contribution in [1.29, 1.82) is 0 Å². The summed E-state index contributed by atoms with van der Waals surface area (Å²) in [5, 5.41) is 0. The van der Waals surface area contributed by atoms with Crippen LogP contribution in [0, 0.1) is 6.92 Å². The van der Waals surface area contributed by atoms with Crippen molar-refractivity contribution in [2.75, 3.05) is 11.9 Å². The molecule has 0 aliphatic rings. The van der Waals surface area contributed by atoms with Crippen molar-refractivity contribution in [2.45, 2.75) is 13.5 Å². The summed E-state index contributed by atoms with van der Waals surface area (Å²) in [6.07, 6.45) is 3.32. The van der Waals surface area contributed by atoms with Gasteiger partial charge in [-0.15, -0.1) is 0 Å². The zero-order valence-corrected chi connectivity index (χ0v) is 11.5. The number of benzene rings is 1. The van der Waals surface area contributed by atoms with Gasteiger partial charge in [-0.25, -0.2) is 9.97 Å². The first-order valence-corrected chi connectivity index (χ1v) is 6.18. The van der Waals surface area contributed by atoms with Crippen molar-refractivity contribution >= 4 is 21.7 Å². The highest BCUT2D eigenvalue weighted by atomic mass is 79.9. The molecule has 0 saturated heterocycles. The summed E-state index contributed by atoms with van der Waals surface area (Å²) in [7, 11) is 2.02. The summed E-state index contributed by atoms with van der Waals surface area (Å²) < 4.78 is 0.912. The molecule has 0 bridgehead atoms. The van der Waals surface area contributed by atoms with E-state index in [4.69, 9.17) is 0 Å². The van der Waals surface area contributed by atoms with Crippen LogP contribution < -0.4 is 4.90 Å². The number of hydrogen-bond acceptors (Lipinski definition) is 3. The van der Waals surface area contributed by atoms with Crippen LogP contribution >= 0.6 is 15.9 Å². The van der Waals surface area contributed by atoms with E-state index in [0.717, 1.165) is 16.8 Å². The lowest BCUT2D eigenvalue weighted by Crippen LogP contribution is -2.18. The number of anilines is 1. The smallest absolute Gasteiger partial charge is 0.146 e. The van der Waals surface area contributed by atoms with Gasteiger partial charge in [-0.2, -0.15) is 0 Å². The van der Waals surface area contributed by atoms with E-state index in [1.807, 2.05) is 7.05 Å². The molecule has 2 aromatic rings. The van der Waals surface area contributed by atoms with E-state index in [1.54, 1.807) is 12.5 Å². The van der Waals surface area contributed by atoms with Gasteiger partial charge in [0, 0.05) is 19.8 Å². The maximum atomic E-state index is 4.26. The summed E-state index contributed by atoms with van der Waals surface area (Å²) in [6.45, 7) is 2.93. The van der Waals surface area contributed by atoms with Crippen LogP contribution in [0.4, 0.5) is 5.82 Å². The van der Waals surface area contributed by atoms with Crippen molar-refractivity contribution in [3.8, 4) is 0 Å². The molecule has 0 spiro atoms. The molecule has 3 nitrogen and oxygen atoms in total. The van der Waals surface area contributed by atoms with Gasteiger partial charge in [0.05, 0.1) is 4.47 Å². The Kier molecular flexibility index (Phi) is 3.74. The van der Waals surface area contributed by atoms with Crippen molar-refractivity contribution in [3.63, 3.8) is 0 Å². The Morgan fingerprint density at radius 3 is 2.88 bits per heavy atom. The van der Waals surface area contributed by atoms with E-state index in [2.05, 4.69) is 62.0 Å². The molecule has 1 aromatic heterocycles. The van der Waals surface area contributed by atoms with Gasteiger partial charge < -0.3 is 4.90 Å². The highest BCUT2D eigenvalue weighted by molar-refractivity contribution is 9.10. The molecule has 0 fully saturated rings. The molecule has 0 aliphatic heterocycles. The van der Waals surface area contributed by atoms with Crippen LogP contribution in [0.15, 0.2) is 41.3 Å². The first-order chi connectivity index (χ1) is 8.16. The normalized spacial score (nSPS) is 10.3. The quantitative estimate of drug-likeness (QED) is 0.870. The number of halogens is 1. The lowest BCUT2D eigenvalue weighted by atomic mass is 10.1. The third-order valence-electron chi connectivity index (χ3n) is 2.51. The lowest BCUT2D eigenvalue weighted by Gasteiger charge is -2.19. The van der Waals surface area contributed by atoms with Crippen molar-refractivity contribution in [2.24, 2.45) is 0 Å². The predicted octanol–water partition coefficient (Wildman–Crippen LogP) is 3.18. The van der Waals surface area contributed by atoms with Gasteiger partial charge in [-0.05, 0) is 28.4 Å². The van der Waals surface area contributed by atoms with Gasteiger partial charge in [0.15, 0.2) is 0 Å². The summed E-state index contributed by atoms with van der Waals surface area (Å²) >= 11 is 3.46. The fourth-order valence-electron chi connectivity index (χ4n) is 1.75. The first kappa shape index (κ1) is 12.0. The molecule has 1 heterocycles. The number of aryl methyl sites for hydroxylation is 1. The highest BCUT2D eigenvalue weighted by Gasteiger charge is 2.07. The molecule has 0 N–H and O–H groups in total. The SMILES string of the molecule is Cc1cccc(CN(C)c2ncncc2Br)c1. The Hall–Kier alpha value is -1.42. The molecule has 0 aliphatic carbocycles. The van der Waals surface area contributed by atoms with Crippen molar-refractivity contribution in [3.05, 3.63) is 52.4 Å². The van der Waals surface area contributed by atoms with Gasteiger partial charge >= 0.3 is 0 Å². The molecule has 0 unspecified atom stereocenters. The second-order valence-corrected chi connectivity index (χ2v) is 4.89. The summed E-state index contributed by atoms with van der Waals surface area (Å²) in [4.78, 5) is 10.3. The van der Waals surface area contributed by atoms with Crippen LogP contribution in [0.1, 0.15) is 11.1 Å². The van der Waals surface area contributed by atoms with Gasteiger partial charge in [-0.3, -0.25) is 0 Å². The molecule has 2 rings (SSSR count). The molecular formula is C13H14BrN3. The minimum Gasteiger partial charge on any atom is -0.354 e. The Labute approximate surface area is 110 Å². The first-order valence-electron chi connectivity index (χ1n) is 5.39. The second kappa shape index (κ2) is 5.27. The third-order valence-corrected chi connectivity index (χ3v) is 3.07. The van der Waals surface area contributed by atoms with E-state index in [0.29, 0.717) is 0 Å². The molecule has 0 radical (unpaired) electrons. The minimum absolute atomic E-state index is 0.831. The number of aromatic nitrogens is 2. The molecule has 4 heteroatoms. The lowest BCUT2D eigenvalue weighted by molar-refractivity contribution is 0.885. The fraction of sp³-hybridized carbons (Fsp3) is 0.231. The number of hydrogen-bond donors (Lipinski definition) is 0. The Morgan fingerprint density at radius 1 is 1.35 bits per heavy atom. The fourth-order valence-corrected chi connectivity index (χ4v) is 2.27. The van der Waals surface area contributed by atoms with E-state index < -0.39 is 0 Å². The topological polar surface area (TPSA) is 29.0 Å². The van der Waals surface area contributed by atoms with E-state index >= 15 is 0 Å². The molecule has 17 heavy (non-hydrogen) atoms. The maximum absolute atomic E-state index is 4.26. The zero-order valence-electron chi connectivity index (χ0n) is 9.89. The minimum atomic E-state index is 0.831. The summed E-state index contributed by atoms with van der Waals surface area (Å²) in [5.74, 6) is 0.904. The van der Waals surface area contributed by atoms with Crippen LogP contribution in [0.2, 0.25) is 0 Å². The van der Waals surface area contributed by atoms with Gasteiger partial charge in [-0.1, -0.05) is 29.8 Å². The van der Waals surface area contributed by atoms with Gasteiger partial charge in [0.2, 0.25) is 0 Å². The van der Waals surface area contributed by atoms with E-state index in [9.17, 15) is 0 Å². The van der Waals surface area contributed by atoms with Crippen LogP contribution in [0.3, 0.4) is 0 Å². The average molecular weight is 292 g/mol. The zero-order chi connectivity index (χ0) is 12.3. The second-order valence-electron chi connectivity index (χ2n) is 4.04. The van der Waals surface area contributed by atoms with E-state index in [1.165, 1.54) is 11.1 Å². The summed E-state index contributed by atoms with van der Waals surface area (Å²) in [6, 6.07) is 8.49. The Morgan fingerprint density at radius 2 is 2.18 bits per heavy atom. The van der Waals surface area contributed by atoms with Gasteiger partial charge in [0.25, 0.3) is 0 Å². The highest BCUT2D eigenvalue weighted by Crippen LogP contribution is 2.22. The van der Waals surface area contributed by atoms with Crippen LogP contribution in [0.5, 0.6) is 0 Å². The molecule has 88 valence electrons. The number of rotatable bonds is 3. The average Bonchev–Trinajstić information content (AvgIpc) is 2.29. The number of nitrogens with zero attached hydrogens (tertiary/aromatic N) is 3. The van der Waals surface area contributed by atoms with Crippen LogP contribution in [-0.4, -0.2) is 17.0 Å². The van der Waals surface area contributed by atoms with Gasteiger partial charge in [0.1, 0.15) is 12.1 Å². The summed E-state index contributed by atoms with van der Waals surface area (Å²) in [5.41, 5.74) is 2.55. The standard InChI is InChI=1S/C13H14BrN3/c1-10-4-3-5-11(6-10)8-17(2)13-12(14)7-15-9-16-13/h3-7,9H,8H2,1-2H3. The predicted molar refractivity (Wildman–Crippen MR) is 73.0 cm³/mol. The molecule has 0 amide bonds. The Bertz CT molecular complexity index is 514. The van der Waals surface area contributed by atoms with Crippen molar-refractivity contribution in [1.82, 2.24) is 9.97 Å². The molecular weight excluding hydrogens is 278 g/mol. The molecule has 0 saturated carbocycles. The molecule has 1 aromatic carbocycles. The third kappa shape index (κ3) is 3.03. The van der Waals surface area contributed by atoms with Crippen molar-refractivity contribution < 1.29 is 0 Å². The monoisotopic (exact) mass is 291 g/mol. The largest absolute Gasteiger partial charge is 0.354 e. The van der Waals surface area contributed by atoms with E-state index in [-0.39, 0.29) is 0 Å². The van der Waals surface area contributed by atoms with Crippen LogP contribution in [0.25, 0.3) is 0 Å².